The van der Waals surface area contributed by atoms with Gasteiger partial charge in [-0.05, 0) is 50.7 Å². The van der Waals surface area contributed by atoms with E-state index >= 15 is 0 Å². The van der Waals surface area contributed by atoms with E-state index in [-0.39, 0.29) is 17.9 Å². The molecule has 0 radical (unpaired) electrons. The first-order valence-corrected chi connectivity index (χ1v) is 7.21. The summed E-state index contributed by atoms with van der Waals surface area (Å²) in [6.45, 7) is 2.40. The minimum absolute atomic E-state index is 0.167. The Kier molecular flexibility index (Phi) is 3.34. The van der Waals surface area contributed by atoms with E-state index in [1.165, 1.54) is 4.90 Å². The number of carbonyl (C=O) groups is 2. The molecule has 0 aromatic heterocycles. The lowest BCUT2D eigenvalue weighted by molar-refractivity contribution is 0.0575. The van der Waals surface area contributed by atoms with Gasteiger partial charge in [0.15, 0.2) is 0 Å². The van der Waals surface area contributed by atoms with E-state index in [0.29, 0.717) is 23.6 Å². The average Bonchev–Trinajstić information content (AvgIpc) is 2.66. The van der Waals surface area contributed by atoms with E-state index in [1.54, 1.807) is 12.1 Å². The van der Waals surface area contributed by atoms with Crippen molar-refractivity contribution in [3.05, 3.63) is 34.9 Å². The fourth-order valence-electron chi connectivity index (χ4n) is 3.16. The summed E-state index contributed by atoms with van der Waals surface area (Å²) < 4.78 is 0. The maximum atomic E-state index is 12.4. The Hall–Kier alpha value is -1.68. The van der Waals surface area contributed by atoms with Gasteiger partial charge in [-0.3, -0.25) is 14.5 Å². The number of aliphatic hydroxyl groups is 1. The second-order valence-corrected chi connectivity index (χ2v) is 5.94. The minimum atomic E-state index is -0.212. The zero-order valence-electron chi connectivity index (χ0n) is 11.6. The monoisotopic (exact) mass is 273 g/mol. The van der Waals surface area contributed by atoms with Crippen molar-refractivity contribution in [1.82, 2.24) is 4.90 Å². The molecule has 1 heterocycles. The third-order valence-electron chi connectivity index (χ3n) is 4.38. The standard InChI is InChI=1S/C16H19NO3/c1-10-2-7-13-14(8-10)16(20)17(15(13)19)9-11-3-5-12(18)6-4-11/h2,7-8,11-12,18H,3-6,9H2,1H3. The van der Waals surface area contributed by atoms with Crippen molar-refractivity contribution in [3.8, 4) is 0 Å². The van der Waals surface area contributed by atoms with E-state index in [2.05, 4.69) is 0 Å². The molecule has 0 spiro atoms. The highest BCUT2D eigenvalue weighted by Gasteiger charge is 2.37. The van der Waals surface area contributed by atoms with Crippen LogP contribution in [0.15, 0.2) is 18.2 Å². The molecule has 1 N–H and O–H groups in total. The summed E-state index contributed by atoms with van der Waals surface area (Å²) in [4.78, 5) is 26.0. The highest BCUT2D eigenvalue weighted by Crippen LogP contribution is 2.29. The summed E-state index contributed by atoms with van der Waals surface area (Å²) in [6.07, 6.45) is 3.09. The predicted molar refractivity (Wildman–Crippen MR) is 74.5 cm³/mol. The van der Waals surface area contributed by atoms with Crippen molar-refractivity contribution in [1.29, 1.82) is 0 Å². The summed E-state index contributed by atoms with van der Waals surface area (Å²) in [6, 6.07) is 5.40. The van der Waals surface area contributed by atoms with Crippen LogP contribution in [0.4, 0.5) is 0 Å². The summed E-state index contributed by atoms with van der Waals surface area (Å²) >= 11 is 0. The van der Waals surface area contributed by atoms with E-state index in [4.69, 9.17) is 0 Å². The van der Waals surface area contributed by atoms with Gasteiger partial charge in [-0.1, -0.05) is 11.6 Å². The van der Waals surface area contributed by atoms with Crippen LogP contribution < -0.4 is 0 Å². The molecule has 1 aromatic rings. The SMILES string of the molecule is Cc1ccc2c(c1)C(=O)N(CC1CCC(O)CC1)C2=O. The smallest absolute Gasteiger partial charge is 0.261 e. The van der Waals surface area contributed by atoms with Gasteiger partial charge in [0.1, 0.15) is 0 Å². The van der Waals surface area contributed by atoms with Crippen molar-refractivity contribution < 1.29 is 14.7 Å². The Morgan fingerprint density at radius 2 is 1.75 bits per heavy atom. The second-order valence-electron chi connectivity index (χ2n) is 5.94. The van der Waals surface area contributed by atoms with Crippen LogP contribution in [0, 0.1) is 12.8 Å². The number of fused-ring (bicyclic) bond motifs is 1. The zero-order chi connectivity index (χ0) is 14.3. The molecule has 1 saturated carbocycles. The lowest BCUT2D eigenvalue weighted by atomic mass is 9.87. The highest BCUT2D eigenvalue weighted by atomic mass is 16.3. The van der Waals surface area contributed by atoms with E-state index < -0.39 is 0 Å². The number of aliphatic hydroxyl groups excluding tert-OH is 1. The first-order valence-electron chi connectivity index (χ1n) is 7.21. The van der Waals surface area contributed by atoms with Crippen LogP contribution in [0.25, 0.3) is 0 Å². The molecule has 4 nitrogen and oxygen atoms in total. The zero-order valence-corrected chi connectivity index (χ0v) is 11.6. The number of hydrogen-bond acceptors (Lipinski definition) is 3. The molecule has 2 aliphatic rings. The third-order valence-corrected chi connectivity index (χ3v) is 4.38. The van der Waals surface area contributed by atoms with Gasteiger partial charge in [0.25, 0.3) is 11.8 Å². The number of aryl methyl sites for hydroxylation is 1. The highest BCUT2D eigenvalue weighted by molar-refractivity contribution is 6.21. The van der Waals surface area contributed by atoms with Gasteiger partial charge in [-0.25, -0.2) is 0 Å². The lowest BCUT2D eigenvalue weighted by Crippen LogP contribution is -2.36. The Morgan fingerprint density at radius 3 is 2.45 bits per heavy atom. The average molecular weight is 273 g/mol. The minimum Gasteiger partial charge on any atom is -0.393 e. The Morgan fingerprint density at radius 1 is 1.10 bits per heavy atom. The van der Waals surface area contributed by atoms with Crippen molar-refractivity contribution >= 4 is 11.8 Å². The molecule has 0 bridgehead atoms. The molecule has 2 amide bonds. The fourth-order valence-corrected chi connectivity index (χ4v) is 3.16. The summed E-state index contributed by atoms with van der Waals surface area (Å²) in [5.74, 6) is -0.0161. The van der Waals surface area contributed by atoms with Gasteiger partial charge < -0.3 is 5.11 Å². The molecule has 1 aliphatic carbocycles. The molecular weight excluding hydrogens is 254 g/mol. The molecule has 20 heavy (non-hydrogen) atoms. The van der Waals surface area contributed by atoms with Crippen LogP contribution >= 0.6 is 0 Å². The van der Waals surface area contributed by atoms with Crippen LogP contribution in [0.1, 0.15) is 52.0 Å². The van der Waals surface area contributed by atoms with Gasteiger partial charge in [0.2, 0.25) is 0 Å². The molecule has 0 atom stereocenters. The lowest BCUT2D eigenvalue weighted by Gasteiger charge is -2.28. The second kappa shape index (κ2) is 5.02. The van der Waals surface area contributed by atoms with Crippen LogP contribution in [-0.2, 0) is 0 Å². The van der Waals surface area contributed by atoms with Crippen LogP contribution in [0.5, 0.6) is 0 Å². The summed E-state index contributed by atoms with van der Waals surface area (Å²) in [5.41, 5.74) is 2.05. The van der Waals surface area contributed by atoms with Crippen molar-refractivity contribution in [2.24, 2.45) is 5.92 Å². The molecule has 0 saturated heterocycles. The molecule has 4 heteroatoms. The maximum Gasteiger partial charge on any atom is 0.261 e. The maximum absolute atomic E-state index is 12.4. The summed E-state index contributed by atoms with van der Waals surface area (Å²) in [7, 11) is 0. The third kappa shape index (κ3) is 2.24. The first-order chi connectivity index (χ1) is 9.56. The van der Waals surface area contributed by atoms with Gasteiger partial charge in [0, 0.05) is 6.54 Å². The number of rotatable bonds is 2. The van der Waals surface area contributed by atoms with Gasteiger partial charge in [-0.2, -0.15) is 0 Å². The Bertz CT molecular complexity index is 559. The topological polar surface area (TPSA) is 57.6 Å². The molecule has 1 aliphatic heterocycles. The van der Waals surface area contributed by atoms with E-state index in [0.717, 1.165) is 31.2 Å². The number of benzene rings is 1. The van der Waals surface area contributed by atoms with Crippen LogP contribution in [-0.4, -0.2) is 34.5 Å². The molecule has 1 fully saturated rings. The first kappa shape index (κ1) is 13.3. The number of nitrogens with zero attached hydrogens (tertiary/aromatic N) is 1. The fraction of sp³-hybridized carbons (Fsp3) is 0.500. The number of imide groups is 1. The molecule has 0 unspecified atom stereocenters. The number of carbonyl (C=O) groups excluding carboxylic acids is 2. The van der Waals surface area contributed by atoms with Crippen molar-refractivity contribution in [2.45, 2.75) is 38.7 Å². The Labute approximate surface area is 118 Å². The molecular formula is C16H19NO3. The molecule has 106 valence electrons. The normalized spacial score (nSPS) is 26.0. The largest absolute Gasteiger partial charge is 0.393 e. The van der Waals surface area contributed by atoms with Crippen LogP contribution in [0.3, 0.4) is 0 Å². The van der Waals surface area contributed by atoms with E-state index in [1.807, 2.05) is 13.0 Å². The predicted octanol–water partition coefficient (Wildman–Crippen LogP) is 2.14. The number of amides is 2. The Balaban J connectivity index is 1.76. The molecule has 1 aromatic carbocycles. The van der Waals surface area contributed by atoms with Gasteiger partial charge >= 0.3 is 0 Å². The van der Waals surface area contributed by atoms with Gasteiger partial charge in [0.05, 0.1) is 17.2 Å². The van der Waals surface area contributed by atoms with Crippen molar-refractivity contribution in [2.75, 3.05) is 6.54 Å². The van der Waals surface area contributed by atoms with E-state index in [9.17, 15) is 14.7 Å². The number of hydrogen-bond donors (Lipinski definition) is 1. The van der Waals surface area contributed by atoms with Crippen LogP contribution in [0.2, 0.25) is 0 Å². The van der Waals surface area contributed by atoms with Gasteiger partial charge in [-0.15, -0.1) is 0 Å². The van der Waals surface area contributed by atoms with Crippen molar-refractivity contribution in [3.63, 3.8) is 0 Å². The quantitative estimate of drug-likeness (QED) is 0.840. The summed E-state index contributed by atoms with van der Waals surface area (Å²) in [5, 5.41) is 9.52. The molecule has 3 rings (SSSR count).